The molecule has 0 radical (unpaired) electrons. The summed E-state index contributed by atoms with van der Waals surface area (Å²) in [5.74, 6) is -0.615. The molecule has 6 nitrogen and oxygen atoms in total. The molecular weight excluding hydrogens is 423 g/mol. The van der Waals surface area contributed by atoms with Gasteiger partial charge in [-0.05, 0) is 36.2 Å². The van der Waals surface area contributed by atoms with E-state index in [1.807, 2.05) is 12.1 Å². The van der Waals surface area contributed by atoms with Gasteiger partial charge in [0, 0.05) is 24.1 Å². The molecule has 2 heterocycles. The van der Waals surface area contributed by atoms with E-state index in [1.54, 1.807) is 60.0 Å². The summed E-state index contributed by atoms with van der Waals surface area (Å²) in [6.45, 7) is 1.78. The van der Waals surface area contributed by atoms with Gasteiger partial charge in [-0.15, -0.1) is 0 Å². The van der Waals surface area contributed by atoms with Crippen LogP contribution in [0.1, 0.15) is 51.3 Å². The number of pyridine rings is 1. The fourth-order valence-electron chi connectivity index (χ4n) is 4.61. The Morgan fingerprint density at radius 1 is 1.06 bits per heavy atom. The number of ketones is 1. The third kappa shape index (κ3) is 3.69. The van der Waals surface area contributed by atoms with Crippen LogP contribution >= 0.6 is 0 Å². The van der Waals surface area contributed by atoms with E-state index in [-0.39, 0.29) is 24.6 Å². The first-order valence-corrected chi connectivity index (χ1v) is 10.8. The van der Waals surface area contributed by atoms with Crippen molar-refractivity contribution in [2.24, 2.45) is 0 Å². The van der Waals surface area contributed by atoms with E-state index in [1.165, 1.54) is 6.07 Å². The number of ether oxygens (including phenoxy) is 1. The fraction of sp³-hybridized carbons (Fsp3) is 0.231. The molecule has 0 amide bonds. The molecule has 0 unspecified atom stereocenters. The van der Waals surface area contributed by atoms with Gasteiger partial charge in [0.25, 0.3) is 0 Å². The number of fused-ring (bicyclic) bond motifs is 2. The Labute approximate surface area is 189 Å². The molecule has 0 bridgehead atoms. The van der Waals surface area contributed by atoms with Crippen LogP contribution in [0.5, 0.6) is 5.75 Å². The Hall–Kier alpha value is -3.55. The van der Waals surface area contributed by atoms with Gasteiger partial charge >= 0.3 is 0 Å². The van der Waals surface area contributed by atoms with Crippen LogP contribution in [0.25, 0.3) is 5.65 Å². The van der Waals surface area contributed by atoms with E-state index in [2.05, 4.69) is 4.98 Å². The Morgan fingerprint density at radius 3 is 2.58 bits per heavy atom. The second kappa shape index (κ2) is 8.42. The lowest BCUT2D eigenvalue weighted by molar-refractivity contribution is 0.0158. The SMILES string of the molecule is Cc1nc2c(OCc3ccccc3F)cccn2c1C(=O)C[C@@H]1c2ccccc2[C@H](O)[C@H]1O. The molecular formula is C26H23FN2O4. The third-order valence-corrected chi connectivity index (χ3v) is 6.25. The third-order valence-electron chi connectivity index (χ3n) is 6.25. The lowest BCUT2D eigenvalue weighted by Crippen LogP contribution is -2.21. The van der Waals surface area contributed by atoms with Gasteiger partial charge in [-0.1, -0.05) is 42.5 Å². The number of carbonyl (C=O) groups excluding carboxylic acids is 1. The lowest BCUT2D eigenvalue weighted by Gasteiger charge is -2.16. The van der Waals surface area contributed by atoms with Crippen molar-refractivity contribution in [1.82, 2.24) is 9.38 Å². The van der Waals surface area contributed by atoms with E-state index >= 15 is 0 Å². The number of hydrogen-bond donors (Lipinski definition) is 2. The van der Waals surface area contributed by atoms with Crippen molar-refractivity contribution in [1.29, 1.82) is 0 Å². The predicted octanol–water partition coefficient (Wildman–Crippen LogP) is 4.13. The highest BCUT2D eigenvalue weighted by Crippen LogP contribution is 2.42. The monoisotopic (exact) mass is 446 g/mol. The van der Waals surface area contributed by atoms with E-state index in [0.29, 0.717) is 33.9 Å². The van der Waals surface area contributed by atoms with E-state index in [9.17, 15) is 19.4 Å². The number of aromatic nitrogens is 2. The molecule has 0 aliphatic heterocycles. The lowest BCUT2D eigenvalue weighted by atomic mass is 9.92. The van der Waals surface area contributed by atoms with Crippen LogP contribution in [0.15, 0.2) is 66.9 Å². The van der Waals surface area contributed by atoms with Crippen molar-refractivity contribution in [2.75, 3.05) is 0 Å². The molecule has 3 atom stereocenters. The number of rotatable bonds is 6. The Balaban J connectivity index is 1.43. The maximum atomic E-state index is 14.0. The highest BCUT2D eigenvalue weighted by molar-refractivity contribution is 5.97. The van der Waals surface area contributed by atoms with E-state index in [0.717, 1.165) is 5.56 Å². The number of halogens is 1. The number of imidazole rings is 1. The minimum atomic E-state index is -1.05. The van der Waals surface area contributed by atoms with Gasteiger partial charge in [0.1, 0.15) is 24.2 Å². The topological polar surface area (TPSA) is 84.1 Å². The molecule has 5 rings (SSSR count). The van der Waals surface area contributed by atoms with Crippen LogP contribution in [0.4, 0.5) is 4.39 Å². The molecule has 1 aliphatic rings. The zero-order valence-corrected chi connectivity index (χ0v) is 18.0. The van der Waals surface area contributed by atoms with Gasteiger partial charge in [0.2, 0.25) is 0 Å². The summed E-state index contributed by atoms with van der Waals surface area (Å²) < 4.78 is 21.5. The van der Waals surface area contributed by atoms with Gasteiger partial charge < -0.3 is 14.9 Å². The van der Waals surface area contributed by atoms with Crippen molar-refractivity contribution < 1.29 is 24.1 Å². The van der Waals surface area contributed by atoms with Crippen molar-refractivity contribution in [3.05, 3.63) is 101 Å². The molecule has 0 saturated heterocycles. The molecule has 0 saturated carbocycles. The van der Waals surface area contributed by atoms with Crippen LogP contribution in [-0.2, 0) is 6.61 Å². The van der Waals surface area contributed by atoms with Crippen molar-refractivity contribution >= 4 is 11.4 Å². The number of hydrogen-bond acceptors (Lipinski definition) is 5. The smallest absolute Gasteiger partial charge is 0.182 e. The maximum absolute atomic E-state index is 14.0. The van der Waals surface area contributed by atoms with Gasteiger partial charge in [-0.25, -0.2) is 9.37 Å². The summed E-state index contributed by atoms with van der Waals surface area (Å²) in [5, 5.41) is 21.0. The first kappa shape index (κ1) is 21.3. The van der Waals surface area contributed by atoms with Crippen molar-refractivity contribution in [3.8, 4) is 5.75 Å². The van der Waals surface area contributed by atoms with Gasteiger partial charge in [0.15, 0.2) is 17.2 Å². The first-order chi connectivity index (χ1) is 16.0. The van der Waals surface area contributed by atoms with Gasteiger partial charge in [-0.2, -0.15) is 0 Å². The summed E-state index contributed by atoms with van der Waals surface area (Å²) in [4.78, 5) is 17.9. The summed E-state index contributed by atoms with van der Waals surface area (Å²) >= 11 is 0. The highest BCUT2D eigenvalue weighted by atomic mass is 19.1. The molecule has 4 aromatic rings. The van der Waals surface area contributed by atoms with Gasteiger partial charge in [0.05, 0.1) is 11.8 Å². The number of aliphatic hydroxyl groups excluding tert-OH is 2. The van der Waals surface area contributed by atoms with E-state index in [4.69, 9.17) is 4.74 Å². The summed E-state index contributed by atoms with van der Waals surface area (Å²) in [6, 6.07) is 17.1. The van der Waals surface area contributed by atoms with Crippen LogP contribution in [-0.4, -0.2) is 31.5 Å². The molecule has 2 aromatic heterocycles. The Kier molecular flexibility index (Phi) is 5.44. The molecule has 2 aromatic carbocycles. The average molecular weight is 446 g/mol. The average Bonchev–Trinajstić information content (AvgIpc) is 3.28. The molecule has 1 aliphatic carbocycles. The van der Waals surface area contributed by atoms with Crippen LogP contribution in [0.3, 0.4) is 0 Å². The molecule has 0 fully saturated rings. The first-order valence-electron chi connectivity index (χ1n) is 10.8. The highest BCUT2D eigenvalue weighted by Gasteiger charge is 2.40. The minimum Gasteiger partial charge on any atom is -0.485 e. The Morgan fingerprint density at radius 2 is 1.79 bits per heavy atom. The molecule has 33 heavy (non-hydrogen) atoms. The maximum Gasteiger partial charge on any atom is 0.182 e. The van der Waals surface area contributed by atoms with E-state index < -0.39 is 18.1 Å². The van der Waals surface area contributed by atoms with Gasteiger partial charge in [-0.3, -0.25) is 9.20 Å². The normalized spacial score (nSPS) is 19.6. The number of aliphatic hydroxyl groups is 2. The van der Waals surface area contributed by atoms with Crippen molar-refractivity contribution in [2.45, 2.75) is 38.1 Å². The van der Waals surface area contributed by atoms with Crippen LogP contribution in [0.2, 0.25) is 0 Å². The quantitative estimate of drug-likeness (QED) is 0.435. The molecule has 168 valence electrons. The molecule has 0 spiro atoms. The number of aryl methyl sites for hydroxylation is 1. The standard InChI is InChI=1S/C26H23FN2O4/c1-15-23(21(30)13-19-17-8-3-4-9-18(17)24(31)25(19)32)29-12-6-11-22(26(29)28-15)33-14-16-7-2-5-10-20(16)27/h2-12,19,24-25,31-32H,13-14H2,1H3/t19-,24+,25+/m1/s1. The summed E-state index contributed by atoms with van der Waals surface area (Å²) in [6.07, 6.45) is -0.303. The number of Topliss-reactive ketones (excluding diaryl/α,β-unsaturated/α-hetero) is 1. The number of nitrogens with zero attached hydrogens (tertiary/aromatic N) is 2. The van der Waals surface area contributed by atoms with Crippen molar-refractivity contribution in [3.63, 3.8) is 0 Å². The zero-order chi connectivity index (χ0) is 23.1. The number of benzene rings is 2. The second-order valence-corrected chi connectivity index (χ2v) is 8.29. The number of carbonyl (C=O) groups is 1. The Bertz CT molecular complexity index is 1350. The second-order valence-electron chi connectivity index (χ2n) is 8.29. The summed E-state index contributed by atoms with van der Waals surface area (Å²) in [5.41, 5.74) is 3.25. The zero-order valence-electron chi connectivity index (χ0n) is 18.0. The van der Waals surface area contributed by atoms with Crippen LogP contribution in [0, 0.1) is 12.7 Å². The predicted molar refractivity (Wildman–Crippen MR) is 120 cm³/mol. The summed E-state index contributed by atoms with van der Waals surface area (Å²) in [7, 11) is 0. The van der Waals surface area contributed by atoms with Crippen LogP contribution < -0.4 is 4.74 Å². The minimum absolute atomic E-state index is 0.0319. The molecule has 2 N–H and O–H groups in total. The molecule has 7 heteroatoms. The fourth-order valence-corrected chi connectivity index (χ4v) is 4.61. The largest absolute Gasteiger partial charge is 0.485 e.